The van der Waals surface area contributed by atoms with Gasteiger partial charge >= 0.3 is 0 Å². The summed E-state index contributed by atoms with van der Waals surface area (Å²) >= 11 is 6.06. The molecule has 3 aromatic rings. The zero-order valence-electron chi connectivity index (χ0n) is 16.5. The maximum Gasteiger partial charge on any atom is 0.246 e. The van der Waals surface area contributed by atoms with Crippen molar-refractivity contribution < 1.29 is 9.18 Å². The van der Waals surface area contributed by atoms with Gasteiger partial charge in [0, 0.05) is 43.0 Å². The number of aromatic nitrogens is 4. The third kappa shape index (κ3) is 4.28. The van der Waals surface area contributed by atoms with Gasteiger partial charge in [0.15, 0.2) is 17.5 Å². The first-order chi connectivity index (χ1) is 14.5. The molecular weight excluding hydrogens is 407 g/mol. The highest BCUT2D eigenvalue weighted by molar-refractivity contribution is 6.31. The predicted molar refractivity (Wildman–Crippen MR) is 115 cm³/mol. The Hall–Kier alpha value is -3.00. The van der Waals surface area contributed by atoms with Crippen LogP contribution >= 0.6 is 11.6 Å². The average molecular weight is 429 g/mol. The number of likely N-dealkylation sites (tertiary alicyclic amines) is 1. The molecule has 1 atom stereocenters. The normalized spacial score (nSPS) is 17.0. The van der Waals surface area contributed by atoms with Gasteiger partial charge in [-0.05, 0) is 37.8 Å². The first kappa shape index (κ1) is 20.3. The van der Waals surface area contributed by atoms with Crippen LogP contribution in [0.3, 0.4) is 0 Å². The predicted octanol–water partition coefficient (Wildman–Crippen LogP) is 4.04. The van der Waals surface area contributed by atoms with Gasteiger partial charge in [-0.25, -0.2) is 19.3 Å². The highest BCUT2D eigenvalue weighted by Crippen LogP contribution is 2.28. The molecule has 0 aromatic carbocycles. The molecule has 0 radical (unpaired) electrons. The summed E-state index contributed by atoms with van der Waals surface area (Å²) in [6.07, 6.45) is 9.66. The van der Waals surface area contributed by atoms with Gasteiger partial charge < -0.3 is 15.2 Å². The van der Waals surface area contributed by atoms with Crippen LogP contribution in [0.25, 0.3) is 22.4 Å². The molecule has 7 nitrogen and oxygen atoms in total. The van der Waals surface area contributed by atoms with Crippen molar-refractivity contribution in [3.63, 3.8) is 0 Å². The number of nitrogens with zero attached hydrogens (tertiary/aromatic N) is 4. The van der Waals surface area contributed by atoms with Crippen LogP contribution < -0.4 is 5.32 Å². The number of aromatic amines is 1. The molecule has 9 heteroatoms. The van der Waals surface area contributed by atoms with E-state index in [4.69, 9.17) is 11.6 Å². The number of carbonyl (C=O) groups excluding carboxylic acids is 1. The first-order valence-corrected chi connectivity index (χ1v) is 10.2. The molecule has 30 heavy (non-hydrogen) atoms. The molecule has 4 rings (SSSR count). The Balaban J connectivity index is 1.50. The van der Waals surface area contributed by atoms with E-state index in [2.05, 4.69) is 25.3 Å². The van der Waals surface area contributed by atoms with Crippen LogP contribution in [0.4, 0.5) is 10.2 Å². The molecule has 1 saturated heterocycles. The van der Waals surface area contributed by atoms with Crippen molar-refractivity contribution in [2.45, 2.75) is 19.8 Å². The van der Waals surface area contributed by atoms with Gasteiger partial charge in [-0.3, -0.25) is 4.79 Å². The number of piperidine rings is 1. The largest absolute Gasteiger partial charge is 0.367 e. The molecule has 0 aliphatic carbocycles. The number of pyridine rings is 1. The van der Waals surface area contributed by atoms with Crippen molar-refractivity contribution in [3.05, 3.63) is 47.6 Å². The molecule has 0 saturated carbocycles. The summed E-state index contributed by atoms with van der Waals surface area (Å²) in [7, 11) is 0. The maximum atomic E-state index is 14.3. The van der Waals surface area contributed by atoms with Crippen LogP contribution in [0.1, 0.15) is 19.8 Å². The average Bonchev–Trinajstić information content (AvgIpc) is 3.16. The van der Waals surface area contributed by atoms with Crippen LogP contribution in [-0.2, 0) is 4.79 Å². The van der Waals surface area contributed by atoms with E-state index in [1.165, 1.54) is 0 Å². The minimum Gasteiger partial charge on any atom is -0.367 e. The number of nitrogens with one attached hydrogen (secondary N) is 2. The van der Waals surface area contributed by atoms with E-state index in [1.807, 2.05) is 11.8 Å². The minimum absolute atomic E-state index is 0.0179. The Bertz CT molecular complexity index is 1100. The number of hydrogen-bond acceptors (Lipinski definition) is 5. The summed E-state index contributed by atoms with van der Waals surface area (Å²) in [4.78, 5) is 29.7. The number of rotatable bonds is 5. The zero-order chi connectivity index (χ0) is 21.1. The molecule has 0 spiro atoms. The first-order valence-electron chi connectivity index (χ1n) is 9.86. The Morgan fingerprint density at radius 2 is 2.30 bits per heavy atom. The molecule has 3 aromatic heterocycles. The fourth-order valence-electron chi connectivity index (χ4n) is 3.70. The highest BCUT2D eigenvalue weighted by atomic mass is 35.5. The molecule has 1 aliphatic rings. The van der Waals surface area contributed by atoms with Gasteiger partial charge in [0.1, 0.15) is 5.65 Å². The summed E-state index contributed by atoms with van der Waals surface area (Å²) in [6, 6.07) is 1.77. The van der Waals surface area contributed by atoms with Gasteiger partial charge in [-0.15, -0.1) is 0 Å². The smallest absolute Gasteiger partial charge is 0.246 e. The van der Waals surface area contributed by atoms with Crippen LogP contribution in [0.5, 0.6) is 0 Å². The van der Waals surface area contributed by atoms with Crippen LogP contribution in [0.2, 0.25) is 5.02 Å². The van der Waals surface area contributed by atoms with E-state index in [0.29, 0.717) is 35.1 Å². The number of fused-ring (bicyclic) bond motifs is 1. The monoisotopic (exact) mass is 428 g/mol. The van der Waals surface area contributed by atoms with Crippen LogP contribution in [0.15, 0.2) is 36.8 Å². The summed E-state index contributed by atoms with van der Waals surface area (Å²) in [5.41, 5.74) is 1.36. The van der Waals surface area contributed by atoms with Gasteiger partial charge in [0.2, 0.25) is 5.91 Å². The second-order valence-electron chi connectivity index (χ2n) is 7.32. The van der Waals surface area contributed by atoms with E-state index in [9.17, 15) is 9.18 Å². The summed E-state index contributed by atoms with van der Waals surface area (Å²) in [5.74, 6) is 0.238. The van der Waals surface area contributed by atoms with Crippen molar-refractivity contribution >= 4 is 34.4 Å². The maximum absolute atomic E-state index is 14.3. The lowest BCUT2D eigenvalue weighted by Crippen LogP contribution is -2.41. The molecular formula is C21H22ClFN6O. The number of H-pyrrole nitrogens is 1. The van der Waals surface area contributed by atoms with Crippen molar-refractivity contribution in [2.75, 3.05) is 25.0 Å². The summed E-state index contributed by atoms with van der Waals surface area (Å²) in [6.45, 7) is 3.74. The van der Waals surface area contributed by atoms with Crippen molar-refractivity contribution in [3.8, 4) is 11.4 Å². The van der Waals surface area contributed by atoms with Crippen molar-refractivity contribution in [2.24, 2.45) is 5.92 Å². The number of anilines is 1. The third-order valence-electron chi connectivity index (χ3n) is 5.18. The topological polar surface area (TPSA) is 86.8 Å². The van der Waals surface area contributed by atoms with Crippen LogP contribution in [-0.4, -0.2) is 50.4 Å². The number of carbonyl (C=O) groups is 1. The minimum atomic E-state index is -0.521. The van der Waals surface area contributed by atoms with E-state index in [1.54, 1.807) is 30.6 Å². The van der Waals surface area contributed by atoms with Gasteiger partial charge in [0.05, 0.1) is 11.2 Å². The highest BCUT2D eigenvalue weighted by Gasteiger charge is 2.23. The van der Waals surface area contributed by atoms with Crippen LogP contribution in [0, 0.1) is 11.7 Å². The molecule has 1 unspecified atom stereocenters. The number of allylic oxidation sites excluding steroid dienone is 1. The van der Waals surface area contributed by atoms with Gasteiger partial charge in [0.25, 0.3) is 0 Å². The second kappa shape index (κ2) is 8.79. The number of hydrogen-bond donors (Lipinski definition) is 2. The lowest BCUT2D eigenvalue weighted by molar-refractivity contribution is -0.127. The molecule has 4 heterocycles. The Kier molecular flexibility index (Phi) is 5.94. The SMILES string of the molecule is CC=CC(=O)N1CCCC(CNc2nc(-c3c[nH]c4ncc(Cl)cc34)ncc2F)C1. The molecule has 156 valence electrons. The number of amides is 1. The fourth-order valence-corrected chi connectivity index (χ4v) is 3.86. The van der Waals surface area contributed by atoms with Gasteiger partial charge in [-0.1, -0.05) is 17.7 Å². The van der Waals surface area contributed by atoms with E-state index in [-0.39, 0.29) is 17.6 Å². The second-order valence-corrected chi connectivity index (χ2v) is 7.75. The quantitative estimate of drug-likeness (QED) is 0.599. The lowest BCUT2D eigenvalue weighted by Gasteiger charge is -2.32. The molecule has 1 fully saturated rings. The Labute approximate surface area is 178 Å². The number of halogens is 2. The lowest BCUT2D eigenvalue weighted by atomic mass is 9.98. The van der Waals surface area contributed by atoms with E-state index in [0.717, 1.165) is 31.0 Å². The zero-order valence-corrected chi connectivity index (χ0v) is 17.3. The van der Waals surface area contributed by atoms with Gasteiger partial charge in [-0.2, -0.15) is 0 Å². The van der Waals surface area contributed by atoms with Crippen molar-refractivity contribution in [1.29, 1.82) is 0 Å². The Morgan fingerprint density at radius 3 is 3.13 bits per heavy atom. The molecule has 1 aliphatic heterocycles. The van der Waals surface area contributed by atoms with E-state index < -0.39 is 5.82 Å². The molecule has 0 bridgehead atoms. The standard InChI is InChI=1S/C21H22ClFN6O/c1-2-4-18(30)29-6-3-5-13(12-29)8-24-21-17(23)11-27-20(28-21)16-10-26-19-15(16)7-14(22)9-25-19/h2,4,7,9-11,13H,3,5-6,8,12H2,1H3,(H,25,26)(H,24,27,28). The Morgan fingerprint density at radius 1 is 1.43 bits per heavy atom. The fraction of sp³-hybridized carbons (Fsp3) is 0.333. The van der Waals surface area contributed by atoms with Crippen molar-refractivity contribution in [1.82, 2.24) is 24.8 Å². The summed E-state index contributed by atoms with van der Waals surface area (Å²) in [5, 5.41) is 4.37. The molecule has 2 N–H and O–H groups in total. The third-order valence-corrected chi connectivity index (χ3v) is 5.39. The summed E-state index contributed by atoms with van der Waals surface area (Å²) < 4.78 is 14.3. The van der Waals surface area contributed by atoms with E-state index >= 15 is 0 Å². The molecule has 1 amide bonds.